The maximum absolute atomic E-state index is 9.42. The van der Waals surface area contributed by atoms with E-state index in [1.807, 2.05) is 6.07 Å². The second-order valence-electron chi connectivity index (χ2n) is 4.11. The van der Waals surface area contributed by atoms with E-state index in [9.17, 15) is 5.11 Å². The molecule has 0 unspecified atom stereocenters. The van der Waals surface area contributed by atoms with Crippen LogP contribution in [0.15, 0.2) is 23.5 Å². The Kier molecular flexibility index (Phi) is 3.43. The second-order valence-corrected chi connectivity index (χ2v) is 4.11. The molecule has 4 N–H and O–H groups in total. The van der Waals surface area contributed by atoms with Crippen LogP contribution in [0.25, 0.3) is 0 Å². The van der Waals surface area contributed by atoms with Crippen LogP contribution < -0.4 is 10.6 Å². The number of amidine groups is 1. The summed E-state index contributed by atoms with van der Waals surface area (Å²) in [4.78, 5) is 6.38. The van der Waals surface area contributed by atoms with E-state index in [-0.39, 0.29) is 11.9 Å². The van der Waals surface area contributed by atoms with Gasteiger partial charge in [0.15, 0.2) is 5.84 Å². The number of anilines is 1. The summed E-state index contributed by atoms with van der Waals surface area (Å²) >= 11 is 0. The number of nitrogens with two attached hydrogens (primary N) is 1. The van der Waals surface area contributed by atoms with Gasteiger partial charge in [0, 0.05) is 24.8 Å². The average Bonchev–Trinajstić information content (AvgIpc) is 2.39. The molecule has 1 aromatic heterocycles. The highest BCUT2D eigenvalue weighted by Crippen LogP contribution is 2.17. The van der Waals surface area contributed by atoms with E-state index in [1.165, 1.54) is 0 Å². The third kappa shape index (κ3) is 2.65. The minimum atomic E-state index is -0.192. The number of hydrogen-bond donors (Lipinski definition) is 3. The van der Waals surface area contributed by atoms with Crippen molar-refractivity contribution >= 4 is 11.7 Å². The molecule has 17 heavy (non-hydrogen) atoms. The smallest absolute Gasteiger partial charge is 0.171 e. The van der Waals surface area contributed by atoms with Gasteiger partial charge in [-0.05, 0) is 25.0 Å². The molecule has 0 aliphatic carbocycles. The zero-order valence-corrected chi connectivity index (χ0v) is 9.45. The van der Waals surface area contributed by atoms with Crippen molar-refractivity contribution in [2.75, 3.05) is 18.0 Å². The molecule has 0 saturated carbocycles. The van der Waals surface area contributed by atoms with Crippen molar-refractivity contribution in [1.82, 2.24) is 4.98 Å². The van der Waals surface area contributed by atoms with Crippen LogP contribution in [0, 0.1) is 0 Å². The number of pyridine rings is 1. The van der Waals surface area contributed by atoms with E-state index in [2.05, 4.69) is 15.0 Å². The molecule has 1 aromatic rings. The first kappa shape index (κ1) is 11.7. The summed E-state index contributed by atoms with van der Waals surface area (Å²) < 4.78 is 0. The van der Waals surface area contributed by atoms with Crippen LogP contribution in [0.4, 0.5) is 5.82 Å². The molecule has 2 heterocycles. The number of aliphatic hydroxyl groups excluding tert-OH is 1. The Hall–Kier alpha value is -1.82. The molecule has 1 aliphatic heterocycles. The van der Waals surface area contributed by atoms with Gasteiger partial charge in [0.05, 0.1) is 6.10 Å². The van der Waals surface area contributed by atoms with Crippen LogP contribution in [0.3, 0.4) is 0 Å². The van der Waals surface area contributed by atoms with Crippen LogP contribution in [-0.4, -0.2) is 40.3 Å². The largest absolute Gasteiger partial charge is 0.409 e. The maximum atomic E-state index is 9.42. The molecule has 0 atom stereocenters. The Bertz CT molecular complexity index is 396. The maximum Gasteiger partial charge on any atom is 0.171 e. The van der Waals surface area contributed by atoms with Gasteiger partial charge in [-0.1, -0.05) is 5.16 Å². The van der Waals surface area contributed by atoms with Gasteiger partial charge in [-0.2, -0.15) is 0 Å². The molecule has 0 aromatic carbocycles. The van der Waals surface area contributed by atoms with Crippen molar-refractivity contribution in [2.24, 2.45) is 10.9 Å². The Balaban J connectivity index is 2.08. The summed E-state index contributed by atoms with van der Waals surface area (Å²) in [7, 11) is 0. The zero-order chi connectivity index (χ0) is 12.3. The van der Waals surface area contributed by atoms with Gasteiger partial charge in [0.1, 0.15) is 5.82 Å². The average molecular weight is 236 g/mol. The molecule has 1 aliphatic rings. The molecule has 0 spiro atoms. The summed E-state index contributed by atoms with van der Waals surface area (Å²) in [5.41, 5.74) is 6.05. The molecule has 0 bridgehead atoms. The van der Waals surface area contributed by atoms with Gasteiger partial charge in [0.2, 0.25) is 0 Å². The molecular formula is C11H16N4O2. The van der Waals surface area contributed by atoms with Crippen molar-refractivity contribution in [3.63, 3.8) is 0 Å². The molecule has 0 amide bonds. The minimum Gasteiger partial charge on any atom is -0.409 e. The molecule has 6 heteroatoms. The number of hydrogen-bond acceptors (Lipinski definition) is 5. The Morgan fingerprint density at radius 1 is 1.41 bits per heavy atom. The number of aromatic nitrogens is 1. The lowest BCUT2D eigenvalue weighted by Crippen LogP contribution is -2.36. The fourth-order valence-corrected chi connectivity index (χ4v) is 1.88. The van der Waals surface area contributed by atoms with Gasteiger partial charge in [0.25, 0.3) is 0 Å². The first-order valence-corrected chi connectivity index (χ1v) is 5.57. The van der Waals surface area contributed by atoms with E-state index >= 15 is 0 Å². The summed E-state index contributed by atoms with van der Waals surface area (Å²) in [5.74, 6) is 0.907. The van der Waals surface area contributed by atoms with Crippen molar-refractivity contribution in [1.29, 1.82) is 0 Å². The first-order chi connectivity index (χ1) is 8.20. The molecule has 2 rings (SSSR count). The van der Waals surface area contributed by atoms with E-state index < -0.39 is 0 Å². The number of rotatable bonds is 2. The van der Waals surface area contributed by atoms with Crippen LogP contribution in [0.1, 0.15) is 18.4 Å². The lowest BCUT2D eigenvalue weighted by molar-refractivity contribution is 0.145. The Morgan fingerprint density at radius 2 is 2.12 bits per heavy atom. The summed E-state index contributed by atoms with van der Waals surface area (Å²) in [5, 5.41) is 20.9. The minimum absolute atomic E-state index is 0.0538. The molecule has 92 valence electrons. The fraction of sp³-hybridized carbons (Fsp3) is 0.455. The lowest BCUT2D eigenvalue weighted by Gasteiger charge is -2.30. The fourth-order valence-electron chi connectivity index (χ4n) is 1.88. The highest BCUT2D eigenvalue weighted by Gasteiger charge is 2.17. The number of aliphatic hydroxyl groups is 1. The van der Waals surface area contributed by atoms with Crippen LogP contribution in [0.5, 0.6) is 0 Å². The predicted molar refractivity (Wildman–Crippen MR) is 64.2 cm³/mol. The predicted octanol–water partition coefficient (Wildman–Crippen LogP) is 0.137. The van der Waals surface area contributed by atoms with Gasteiger partial charge in [-0.25, -0.2) is 4.98 Å². The molecule has 0 radical (unpaired) electrons. The van der Waals surface area contributed by atoms with Gasteiger partial charge < -0.3 is 20.9 Å². The Morgan fingerprint density at radius 3 is 2.65 bits per heavy atom. The summed E-state index contributed by atoms with van der Waals surface area (Å²) in [6.07, 6.45) is 2.92. The van der Waals surface area contributed by atoms with Crippen LogP contribution >= 0.6 is 0 Å². The monoisotopic (exact) mass is 236 g/mol. The van der Waals surface area contributed by atoms with Gasteiger partial charge >= 0.3 is 0 Å². The third-order valence-corrected chi connectivity index (χ3v) is 2.94. The highest BCUT2D eigenvalue weighted by molar-refractivity contribution is 5.96. The number of piperidine rings is 1. The molecular weight excluding hydrogens is 220 g/mol. The SMILES string of the molecule is N/C(=N\O)c1ccc(N2CCC(O)CC2)nc1. The van der Waals surface area contributed by atoms with Gasteiger partial charge in [-0.3, -0.25) is 0 Å². The summed E-state index contributed by atoms with van der Waals surface area (Å²) in [6, 6.07) is 3.60. The third-order valence-electron chi connectivity index (χ3n) is 2.94. The quantitative estimate of drug-likeness (QED) is 0.294. The molecule has 1 fully saturated rings. The highest BCUT2D eigenvalue weighted by atomic mass is 16.4. The lowest BCUT2D eigenvalue weighted by atomic mass is 10.1. The van der Waals surface area contributed by atoms with Crippen LogP contribution in [0.2, 0.25) is 0 Å². The number of oxime groups is 1. The second kappa shape index (κ2) is 5.01. The van der Waals surface area contributed by atoms with Crippen molar-refractivity contribution in [3.8, 4) is 0 Å². The summed E-state index contributed by atoms with van der Waals surface area (Å²) in [6.45, 7) is 1.61. The first-order valence-electron chi connectivity index (χ1n) is 5.57. The van der Waals surface area contributed by atoms with Crippen molar-refractivity contribution < 1.29 is 10.3 Å². The van der Waals surface area contributed by atoms with Crippen molar-refractivity contribution in [2.45, 2.75) is 18.9 Å². The molecule has 6 nitrogen and oxygen atoms in total. The standard InChI is InChI=1S/C11H16N4O2/c12-11(14-17)8-1-2-10(13-7-8)15-5-3-9(16)4-6-15/h1-2,7,9,16-17H,3-6H2,(H2,12,14). The Labute approximate surface area is 99.4 Å². The number of nitrogens with zero attached hydrogens (tertiary/aromatic N) is 3. The normalized spacial score (nSPS) is 18.4. The van der Waals surface area contributed by atoms with Crippen molar-refractivity contribution in [3.05, 3.63) is 23.9 Å². The topological polar surface area (TPSA) is 95.0 Å². The van der Waals surface area contributed by atoms with E-state index in [4.69, 9.17) is 10.9 Å². The van der Waals surface area contributed by atoms with E-state index in [1.54, 1.807) is 12.3 Å². The molecule has 1 saturated heterocycles. The van der Waals surface area contributed by atoms with E-state index in [0.717, 1.165) is 31.7 Å². The zero-order valence-electron chi connectivity index (χ0n) is 9.45. The van der Waals surface area contributed by atoms with Crippen LogP contribution in [-0.2, 0) is 0 Å². The van der Waals surface area contributed by atoms with E-state index in [0.29, 0.717) is 5.56 Å². The van der Waals surface area contributed by atoms with Gasteiger partial charge in [-0.15, -0.1) is 0 Å².